The van der Waals surface area contributed by atoms with E-state index in [1.165, 1.54) is 0 Å². The highest BCUT2D eigenvalue weighted by Crippen LogP contribution is 2.21. The van der Waals surface area contributed by atoms with Gasteiger partial charge in [0.05, 0.1) is 24.2 Å². The van der Waals surface area contributed by atoms with Crippen molar-refractivity contribution in [2.24, 2.45) is 0 Å². The average molecular weight is 218 g/mol. The van der Waals surface area contributed by atoms with Gasteiger partial charge in [0, 0.05) is 7.11 Å². The quantitative estimate of drug-likeness (QED) is 0.710. The summed E-state index contributed by atoms with van der Waals surface area (Å²) in [7, 11) is 1.67. The van der Waals surface area contributed by atoms with Gasteiger partial charge in [-0.05, 0) is 13.3 Å². The molecule has 0 saturated carbocycles. The molecule has 0 radical (unpaired) electrons. The van der Waals surface area contributed by atoms with Crippen molar-refractivity contribution in [3.8, 4) is 0 Å². The first-order valence-electron chi connectivity index (χ1n) is 4.73. The Kier molecular flexibility index (Phi) is 4.35. The van der Waals surface area contributed by atoms with Crippen molar-refractivity contribution in [1.82, 2.24) is 15.0 Å². The van der Waals surface area contributed by atoms with Crippen LogP contribution in [0.3, 0.4) is 0 Å². The molecule has 4 nitrogen and oxygen atoms in total. The number of methoxy groups -OCH3 is 1. The zero-order valence-corrected chi connectivity index (χ0v) is 9.53. The second-order valence-corrected chi connectivity index (χ2v) is 3.83. The number of aromatic nitrogens is 3. The Morgan fingerprint density at radius 1 is 1.64 bits per heavy atom. The van der Waals surface area contributed by atoms with Crippen LogP contribution in [-0.4, -0.2) is 28.7 Å². The Morgan fingerprint density at radius 3 is 2.93 bits per heavy atom. The lowest BCUT2D eigenvalue weighted by molar-refractivity contribution is 0.156. The predicted octanol–water partition coefficient (Wildman–Crippen LogP) is 2.18. The van der Waals surface area contributed by atoms with E-state index < -0.39 is 0 Å². The number of alkyl halides is 1. The molecule has 2 atom stereocenters. The van der Waals surface area contributed by atoms with Crippen molar-refractivity contribution in [1.29, 1.82) is 0 Å². The topological polar surface area (TPSA) is 39.9 Å². The van der Waals surface area contributed by atoms with E-state index in [1.807, 2.05) is 20.0 Å². The van der Waals surface area contributed by atoms with Crippen molar-refractivity contribution >= 4 is 11.6 Å². The van der Waals surface area contributed by atoms with Gasteiger partial charge >= 0.3 is 0 Å². The second-order valence-electron chi connectivity index (χ2n) is 3.30. The molecule has 0 aliphatic carbocycles. The summed E-state index contributed by atoms with van der Waals surface area (Å²) in [4.78, 5) is 0. The van der Waals surface area contributed by atoms with Crippen LogP contribution < -0.4 is 0 Å². The zero-order chi connectivity index (χ0) is 10.6. The van der Waals surface area contributed by atoms with Crippen LogP contribution in [0.2, 0.25) is 0 Å². The van der Waals surface area contributed by atoms with E-state index in [0.29, 0.717) is 6.61 Å². The van der Waals surface area contributed by atoms with Gasteiger partial charge in [0.25, 0.3) is 0 Å². The average Bonchev–Trinajstić information content (AvgIpc) is 2.66. The summed E-state index contributed by atoms with van der Waals surface area (Å²) in [6.07, 6.45) is 2.74. The number of halogens is 1. The zero-order valence-electron chi connectivity index (χ0n) is 8.77. The summed E-state index contributed by atoms with van der Waals surface area (Å²) >= 11 is 6.04. The van der Waals surface area contributed by atoms with Crippen LogP contribution in [-0.2, 0) is 4.74 Å². The first-order chi connectivity index (χ1) is 6.69. The summed E-state index contributed by atoms with van der Waals surface area (Å²) < 4.78 is 6.81. The maximum absolute atomic E-state index is 6.04. The minimum atomic E-state index is -0.0431. The summed E-state index contributed by atoms with van der Waals surface area (Å²) in [6.45, 7) is 4.67. The Morgan fingerprint density at radius 2 is 2.36 bits per heavy atom. The van der Waals surface area contributed by atoms with Gasteiger partial charge in [0.1, 0.15) is 5.69 Å². The molecule has 0 saturated heterocycles. The maximum atomic E-state index is 6.04. The molecular weight excluding hydrogens is 202 g/mol. The highest BCUT2D eigenvalue weighted by Gasteiger charge is 2.12. The molecular formula is C9H16ClN3O. The molecule has 1 rings (SSSR count). The lowest BCUT2D eigenvalue weighted by Gasteiger charge is -2.08. The van der Waals surface area contributed by atoms with Crippen molar-refractivity contribution < 1.29 is 4.74 Å². The third kappa shape index (κ3) is 2.69. The molecule has 14 heavy (non-hydrogen) atoms. The number of ether oxygens (including phenoxy) is 1. The van der Waals surface area contributed by atoms with Crippen LogP contribution in [0, 0.1) is 0 Å². The van der Waals surface area contributed by atoms with E-state index in [-0.39, 0.29) is 11.4 Å². The summed E-state index contributed by atoms with van der Waals surface area (Å²) in [5.74, 6) is 0. The van der Waals surface area contributed by atoms with Crippen LogP contribution >= 0.6 is 11.6 Å². The van der Waals surface area contributed by atoms with E-state index in [0.717, 1.165) is 12.1 Å². The summed E-state index contributed by atoms with van der Waals surface area (Å²) in [5.41, 5.74) is 0.831. The minimum absolute atomic E-state index is 0.0431. The Bertz CT molecular complexity index is 277. The molecule has 5 heteroatoms. The molecule has 80 valence electrons. The third-order valence-electron chi connectivity index (χ3n) is 2.07. The van der Waals surface area contributed by atoms with Gasteiger partial charge in [-0.25, -0.2) is 4.68 Å². The Balaban J connectivity index is 2.67. The number of hydrogen-bond acceptors (Lipinski definition) is 3. The van der Waals surface area contributed by atoms with Gasteiger partial charge in [0.2, 0.25) is 0 Å². The Hall–Kier alpha value is -0.610. The SMILES string of the molecule is CCC(Cl)c1cn(C(C)COC)nn1. The number of nitrogens with zero attached hydrogens (tertiary/aromatic N) is 3. The van der Waals surface area contributed by atoms with E-state index in [2.05, 4.69) is 10.3 Å². The molecule has 0 aromatic carbocycles. The van der Waals surface area contributed by atoms with Crippen LogP contribution in [0.1, 0.15) is 37.4 Å². The van der Waals surface area contributed by atoms with E-state index in [4.69, 9.17) is 16.3 Å². The lowest BCUT2D eigenvalue weighted by atomic mass is 10.2. The third-order valence-corrected chi connectivity index (χ3v) is 2.60. The number of rotatable bonds is 5. The van der Waals surface area contributed by atoms with Gasteiger partial charge in [-0.3, -0.25) is 0 Å². The first-order valence-corrected chi connectivity index (χ1v) is 5.17. The molecule has 0 fully saturated rings. The molecule has 1 aromatic rings. The monoisotopic (exact) mass is 217 g/mol. The molecule has 0 aliphatic rings. The molecule has 0 aliphatic heterocycles. The van der Waals surface area contributed by atoms with Gasteiger partial charge in [-0.1, -0.05) is 12.1 Å². The molecule has 0 N–H and O–H groups in total. The molecule has 0 bridgehead atoms. The van der Waals surface area contributed by atoms with Crippen LogP contribution in [0.5, 0.6) is 0 Å². The Labute approximate surface area is 89.2 Å². The molecule has 1 aromatic heterocycles. The molecule has 1 heterocycles. The van der Waals surface area contributed by atoms with Gasteiger partial charge in [-0.15, -0.1) is 16.7 Å². The second kappa shape index (κ2) is 5.32. The minimum Gasteiger partial charge on any atom is -0.382 e. The highest BCUT2D eigenvalue weighted by atomic mass is 35.5. The highest BCUT2D eigenvalue weighted by molar-refractivity contribution is 6.20. The largest absolute Gasteiger partial charge is 0.382 e. The summed E-state index contributed by atoms with van der Waals surface area (Å²) in [5, 5.41) is 7.98. The van der Waals surface area contributed by atoms with Crippen molar-refractivity contribution in [3.63, 3.8) is 0 Å². The van der Waals surface area contributed by atoms with Gasteiger partial charge in [0.15, 0.2) is 0 Å². The van der Waals surface area contributed by atoms with Crippen LogP contribution in [0.15, 0.2) is 6.20 Å². The van der Waals surface area contributed by atoms with E-state index in [1.54, 1.807) is 11.8 Å². The van der Waals surface area contributed by atoms with Gasteiger partial charge in [-0.2, -0.15) is 0 Å². The first kappa shape index (κ1) is 11.5. The summed E-state index contributed by atoms with van der Waals surface area (Å²) in [6, 6.07) is 0.196. The van der Waals surface area contributed by atoms with E-state index in [9.17, 15) is 0 Å². The molecule has 0 amide bonds. The fraction of sp³-hybridized carbons (Fsp3) is 0.778. The van der Waals surface area contributed by atoms with Crippen molar-refractivity contribution in [3.05, 3.63) is 11.9 Å². The predicted molar refractivity (Wildman–Crippen MR) is 55.5 cm³/mol. The molecule has 0 spiro atoms. The molecule has 2 unspecified atom stereocenters. The van der Waals surface area contributed by atoms with E-state index >= 15 is 0 Å². The maximum Gasteiger partial charge on any atom is 0.101 e. The van der Waals surface area contributed by atoms with Gasteiger partial charge < -0.3 is 4.74 Å². The van der Waals surface area contributed by atoms with Crippen LogP contribution in [0.4, 0.5) is 0 Å². The fourth-order valence-corrected chi connectivity index (χ4v) is 1.28. The lowest BCUT2D eigenvalue weighted by Crippen LogP contribution is -2.11. The normalized spacial score (nSPS) is 15.4. The number of hydrogen-bond donors (Lipinski definition) is 0. The smallest absolute Gasteiger partial charge is 0.101 e. The van der Waals surface area contributed by atoms with Crippen molar-refractivity contribution in [2.75, 3.05) is 13.7 Å². The van der Waals surface area contributed by atoms with Crippen LogP contribution in [0.25, 0.3) is 0 Å². The van der Waals surface area contributed by atoms with Crippen molar-refractivity contribution in [2.45, 2.75) is 31.7 Å². The standard InChI is InChI=1S/C9H16ClN3O/c1-4-8(10)9-5-13(12-11-9)7(2)6-14-3/h5,7-8H,4,6H2,1-3H3. The fourth-order valence-electron chi connectivity index (χ4n) is 1.18.